The van der Waals surface area contributed by atoms with Crippen molar-refractivity contribution >= 4 is 11.6 Å². The Kier molecular flexibility index (Phi) is 4.33. The minimum Gasteiger partial charge on any atom is -0.389 e. The highest BCUT2D eigenvalue weighted by molar-refractivity contribution is 5.93. The number of ether oxygens (including phenoxy) is 1. The lowest BCUT2D eigenvalue weighted by molar-refractivity contribution is -0.123. The van der Waals surface area contributed by atoms with Gasteiger partial charge in [0.2, 0.25) is 5.91 Å². The van der Waals surface area contributed by atoms with Crippen LogP contribution >= 0.6 is 0 Å². The second-order valence-electron chi connectivity index (χ2n) is 4.67. The lowest BCUT2D eigenvalue weighted by Crippen LogP contribution is -2.30. The molecule has 1 aliphatic heterocycles. The molecule has 0 bridgehead atoms. The second kappa shape index (κ2) is 5.98. The van der Waals surface area contributed by atoms with Gasteiger partial charge in [-0.2, -0.15) is 0 Å². The predicted molar refractivity (Wildman–Crippen MR) is 69.2 cm³/mol. The molecule has 2 rings (SSSR count). The molecular weight excluding hydrogens is 230 g/mol. The van der Waals surface area contributed by atoms with E-state index in [1.807, 2.05) is 24.3 Å². The van der Waals surface area contributed by atoms with Gasteiger partial charge in [0.25, 0.3) is 0 Å². The summed E-state index contributed by atoms with van der Waals surface area (Å²) in [5.74, 6) is -0.108. The van der Waals surface area contributed by atoms with Crippen LogP contribution in [0.2, 0.25) is 0 Å². The zero-order chi connectivity index (χ0) is 13.0. The van der Waals surface area contributed by atoms with Crippen molar-refractivity contribution < 1.29 is 14.6 Å². The van der Waals surface area contributed by atoms with Gasteiger partial charge in [0.05, 0.1) is 18.6 Å². The average molecular weight is 249 g/mol. The predicted octanol–water partition coefficient (Wildman–Crippen LogP) is 2.10. The minimum absolute atomic E-state index is 0.0252. The van der Waals surface area contributed by atoms with Crippen molar-refractivity contribution in [1.29, 1.82) is 0 Å². The molecule has 4 heteroatoms. The molecule has 1 amide bonds. The number of anilines is 1. The number of para-hydroxylation sites is 1. The van der Waals surface area contributed by atoms with Gasteiger partial charge in [-0.3, -0.25) is 4.79 Å². The van der Waals surface area contributed by atoms with E-state index in [0.717, 1.165) is 25.0 Å². The van der Waals surface area contributed by atoms with Crippen LogP contribution in [0.3, 0.4) is 0 Å². The Bertz CT molecular complexity index is 411. The highest BCUT2D eigenvalue weighted by Gasteiger charge is 2.22. The van der Waals surface area contributed by atoms with Crippen LogP contribution in [0.15, 0.2) is 24.3 Å². The van der Waals surface area contributed by atoms with Gasteiger partial charge in [-0.05, 0) is 25.8 Å². The summed E-state index contributed by atoms with van der Waals surface area (Å²) in [4.78, 5) is 12.1. The van der Waals surface area contributed by atoms with E-state index in [4.69, 9.17) is 4.74 Å². The molecule has 1 saturated heterocycles. The van der Waals surface area contributed by atoms with E-state index in [-0.39, 0.29) is 11.8 Å². The van der Waals surface area contributed by atoms with Gasteiger partial charge in [0.15, 0.2) is 0 Å². The lowest BCUT2D eigenvalue weighted by atomic mass is 10.0. The number of benzene rings is 1. The standard InChI is InChI=1S/C14H19NO3/c1-10(16)12-6-2-3-7-13(12)15-14(17)11-5-4-8-18-9-11/h2-3,6-7,10-11,16H,4-5,8-9H2,1H3,(H,15,17). The van der Waals surface area contributed by atoms with E-state index in [2.05, 4.69) is 5.32 Å². The summed E-state index contributed by atoms with van der Waals surface area (Å²) in [6.07, 6.45) is 1.20. The van der Waals surface area contributed by atoms with Crippen LogP contribution in [0.25, 0.3) is 0 Å². The van der Waals surface area contributed by atoms with Crippen molar-refractivity contribution in [2.45, 2.75) is 25.9 Å². The molecule has 18 heavy (non-hydrogen) atoms. The van der Waals surface area contributed by atoms with E-state index in [9.17, 15) is 9.90 Å². The smallest absolute Gasteiger partial charge is 0.229 e. The third-order valence-electron chi connectivity index (χ3n) is 3.20. The number of rotatable bonds is 3. The van der Waals surface area contributed by atoms with Crippen LogP contribution in [0.1, 0.15) is 31.4 Å². The summed E-state index contributed by atoms with van der Waals surface area (Å²) in [7, 11) is 0. The Labute approximate surface area is 107 Å². The third-order valence-corrected chi connectivity index (χ3v) is 3.20. The second-order valence-corrected chi connectivity index (χ2v) is 4.67. The quantitative estimate of drug-likeness (QED) is 0.862. The number of aliphatic hydroxyl groups is 1. The van der Waals surface area contributed by atoms with Gasteiger partial charge in [-0.15, -0.1) is 0 Å². The van der Waals surface area contributed by atoms with E-state index in [1.54, 1.807) is 6.92 Å². The molecule has 2 N–H and O–H groups in total. The number of amides is 1. The van der Waals surface area contributed by atoms with Gasteiger partial charge in [0.1, 0.15) is 0 Å². The van der Waals surface area contributed by atoms with Gasteiger partial charge in [-0.1, -0.05) is 18.2 Å². The summed E-state index contributed by atoms with van der Waals surface area (Å²) in [5, 5.41) is 12.5. The van der Waals surface area contributed by atoms with Crippen LogP contribution in [0, 0.1) is 5.92 Å². The van der Waals surface area contributed by atoms with Crippen molar-refractivity contribution in [3.63, 3.8) is 0 Å². The molecule has 0 aliphatic carbocycles. The van der Waals surface area contributed by atoms with Crippen molar-refractivity contribution in [1.82, 2.24) is 0 Å². The summed E-state index contributed by atoms with van der Waals surface area (Å²) < 4.78 is 5.31. The van der Waals surface area contributed by atoms with Gasteiger partial charge in [0, 0.05) is 17.9 Å². The van der Waals surface area contributed by atoms with Crippen molar-refractivity contribution in [3.8, 4) is 0 Å². The summed E-state index contributed by atoms with van der Waals surface area (Å²) in [6.45, 7) is 2.92. The number of carbonyl (C=O) groups excluding carboxylic acids is 1. The molecule has 0 radical (unpaired) electrons. The van der Waals surface area contributed by atoms with Crippen LogP contribution < -0.4 is 5.32 Å². The summed E-state index contributed by atoms with van der Waals surface area (Å²) in [6, 6.07) is 7.32. The maximum Gasteiger partial charge on any atom is 0.229 e. The Balaban J connectivity index is 2.06. The third kappa shape index (κ3) is 3.09. The molecule has 0 saturated carbocycles. The monoisotopic (exact) mass is 249 g/mol. The van der Waals surface area contributed by atoms with Crippen molar-refractivity contribution in [2.75, 3.05) is 18.5 Å². The zero-order valence-corrected chi connectivity index (χ0v) is 10.6. The van der Waals surface area contributed by atoms with Crippen LogP contribution in [-0.2, 0) is 9.53 Å². The first-order valence-electron chi connectivity index (χ1n) is 6.34. The van der Waals surface area contributed by atoms with Crippen molar-refractivity contribution in [2.24, 2.45) is 5.92 Å². The first-order chi connectivity index (χ1) is 8.68. The van der Waals surface area contributed by atoms with E-state index < -0.39 is 6.10 Å². The summed E-state index contributed by atoms with van der Waals surface area (Å²) in [5.41, 5.74) is 1.42. The molecule has 1 aliphatic rings. The number of hydrogen-bond acceptors (Lipinski definition) is 3. The number of hydrogen-bond donors (Lipinski definition) is 2. The molecule has 1 fully saturated rings. The topological polar surface area (TPSA) is 58.6 Å². The molecular formula is C14H19NO3. The maximum atomic E-state index is 12.1. The van der Waals surface area contributed by atoms with Gasteiger partial charge >= 0.3 is 0 Å². The first kappa shape index (κ1) is 13.1. The van der Waals surface area contributed by atoms with E-state index >= 15 is 0 Å². The maximum absolute atomic E-state index is 12.1. The van der Waals surface area contributed by atoms with Crippen LogP contribution in [0.4, 0.5) is 5.69 Å². The number of carbonyl (C=O) groups is 1. The molecule has 2 unspecified atom stereocenters. The van der Waals surface area contributed by atoms with Gasteiger partial charge in [-0.25, -0.2) is 0 Å². The Hall–Kier alpha value is -1.39. The lowest BCUT2D eigenvalue weighted by Gasteiger charge is -2.22. The molecule has 4 nitrogen and oxygen atoms in total. The fourth-order valence-electron chi connectivity index (χ4n) is 2.16. The molecule has 1 aromatic carbocycles. The molecule has 1 heterocycles. The SMILES string of the molecule is CC(O)c1ccccc1NC(=O)C1CCCOC1. The number of aliphatic hydroxyl groups excluding tert-OH is 1. The Morgan fingerprint density at radius 1 is 1.50 bits per heavy atom. The molecule has 0 aromatic heterocycles. The fourth-order valence-corrected chi connectivity index (χ4v) is 2.16. The van der Waals surface area contributed by atoms with E-state index in [0.29, 0.717) is 12.3 Å². The fraction of sp³-hybridized carbons (Fsp3) is 0.500. The highest BCUT2D eigenvalue weighted by atomic mass is 16.5. The van der Waals surface area contributed by atoms with E-state index in [1.165, 1.54) is 0 Å². The van der Waals surface area contributed by atoms with Crippen molar-refractivity contribution in [3.05, 3.63) is 29.8 Å². The summed E-state index contributed by atoms with van der Waals surface area (Å²) >= 11 is 0. The Morgan fingerprint density at radius 2 is 2.28 bits per heavy atom. The van der Waals surface area contributed by atoms with Crippen LogP contribution in [-0.4, -0.2) is 24.2 Å². The Morgan fingerprint density at radius 3 is 2.94 bits per heavy atom. The average Bonchev–Trinajstić information content (AvgIpc) is 2.40. The zero-order valence-electron chi connectivity index (χ0n) is 10.6. The minimum atomic E-state index is -0.593. The molecule has 0 spiro atoms. The highest BCUT2D eigenvalue weighted by Crippen LogP contribution is 2.24. The first-order valence-corrected chi connectivity index (χ1v) is 6.34. The molecule has 2 atom stereocenters. The molecule has 98 valence electrons. The largest absolute Gasteiger partial charge is 0.389 e. The van der Waals surface area contributed by atoms with Gasteiger partial charge < -0.3 is 15.2 Å². The molecule has 1 aromatic rings. The normalized spacial score (nSPS) is 21.3. The van der Waals surface area contributed by atoms with Crippen LogP contribution in [0.5, 0.6) is 0 Å². The number of nitrogens with one attached hydrogen (secondary N) is 1.